The van der Waals surface area contributed by atoms with E-state index in [1.807, 2.05) is 93.0 Å². The Morgan fingerprint density at radius 3 is 2.28 bits per heavy atom. The zero-order chi connectivity index (χ0) is 20.9. The van der Waals surface area contributed by atoms with Crippen LogP contribution in [0.25, 0.3) is 11.1 Å². The quantitative estimate of drug-likeness (QED) is 0.237. The zero-order valence-corrected chi connectivity index (χ0v) is 19.4. The van der Waals surface area contributed by atoms with Crippen LogP contribution in [0.15, 0.2) is 78.9 Å². The molecule has 0 aliphatic rings. The highest BCUT2D eigenvalue weighted by Gasteiger charge is 2.31. The predicted octanol–water partition coefficient (Wildman–Crippen LogP) is 5.98. The topological polar surface area (TPSA) is 32.3 Å². The van der Waals surface area contributed by atoms with Gasteiger partial charge in [0.05, 0.1) is 0 Å². The minimum atomic E-state index is -0.535. The van der Waals surface area contributed by atoms with Crippen molar-refractivity contribution in [1.29, 1.82) is 0 Å². The van der Waals surface area contributed by atoms with Crippen molar-refractivity contribution >= 4 is 40.1 Å². The maximum absolute atomic E-state index is 13.2. The van der Waals surface area contributed by atoms with Crippen molar-refractivity contribution in [3.63, 3.8) is 0 Å². The summed E-state index contributed by atoms with van der Waals surface area (Å²) in [7, 11) is 4.06. The van der Waals surface area contributed by atoms with E-state index in [1.54, 1.807) is 0 Å². The Hall–Kier alpha value is -1.89. The van der Waals surface area contributed by atoms with Gasteiger partial charge in [-0.25, -0.2) is 0 Å². The van der Waals surface area contributed by atoms with Gasteiger partial charge in [-0.05, 0) is 84.1 Å². The molecule has 0 saturated heterocycles. The first kappa shape index (κ1) is 21.8. The fourth-order valence-electron chi connectivity index (χ4n) is 3.09. The van der Waals surface area contributed by atoms with Gasteiger partial charge in [0.15, 0.2) is 0 Å². The van der Waals surface area contributed by atoms with Crippen molar-refractivity contribution in [2.24, 2.45) is 0 Å². The van der Waals surface area contributed by atoms with E-state index in [0.29, 0.717) is 10.6 Å². The van der Waals surface area contributed by atoms with Gasteiger partial charge in [0.1, 0.15) is 3.55 Å². The largest absolute Gasteiger partial charge is 0.334 e. The summed E-state index contributed by atoms with van der Waals surface area (Å²) < 4.78 is -0.535. The fourth-order valence-corrected chi connectivity index (χ4v) is 4.07. The van der Waals surface area contributed by atoms with Gasteiger partial charge >= 0.3 is 0 Å². The van der Waals surface area contributed by atoms with E-state index in [2.05, 4.69) is 32.8 Å². The molecular weight excluding hydrogens is 495 g/mol. The number of rotatable bonds is 7. The molecule has 1 unspecified atom stereocenters. The number of alkyl halides is 1. The van der Waals surface area contributed by atoms with Crippen LogP contribution in [0, 0.1) is 0 Å². The fraction of sp³-hybridized carbons (Fsp3) is 0.208. The van der Waals surface area contributed by atoms with E-state index < -0.39 is 3.55 Å². The van der Waals surface area contributed by atoms with Crippen LogP contribution in [-0.4, -0.2) is 31.4 Å². The Bertz CT molecular complexity index is 960. The Balaban J connectivity index is 1.87. The molecule has 0 fully saturated rings. The highest BCUT2D eigenvalue weighted by molar-refractivity contribution is 14.1. The van der Waals surface area contributed by atoms with Crippen molar-refractivity contribution in [2.45, 2.75) is 9.97 Å². The van der Waals surface area contributed by atoms with Crippen LogP contribution in [0.3, 0.4) is 0 Å². The van der Waals surface area contributed by atoms with Crippen LogP contribution in [0.2, 0.25) is 5.02 Å². The lowest BCUT2D eigenvalue weighted by Gasteiger charge is -2.31. The second-order valence-electron chi connectivity index (χ2n) is 7.26. The molecule has 5 heteroatoms. The lowest BCUT2D eigenvalue weighted by Crippen LogP contribution is -2.42. The molecule has 0 bridgehead atoms. The number of carbonyl (C=O) groups excluding carboxylic acids is 1. The van der Waals surface area contributed by atoms with Crippen LogP contribution in [0.5, 0.6) is 0 Å². The van der Waals surface area contributed by atoms with Gasteiger partial charge in [-0.3, -0.25) is 4.79 Å². The third-order valence-electron chi connectivity index (χ3n) is 4.75. The molecular formula is C24H24ClIN2O. The van der Waals surface area contributed by atoms with E-state index in [1.165, 1.54) is 0 Å². The van der Waals surface area contributed by atoms with Crippen LogP contribution in [-0.2, 0) is 3.55 Å². The Labute approximate surface area is 191 Å². The van der Waals surface area contributed by atoms with Gasteiger partial charge in [-0.15, -0.1) is 0 Å². The van der Waals surface area contributed by atoms with E-state index in [9.17, 15) is 4.79 Å². The van der Waals surface area contributed by atoms with E-state index in [0.717, 1.165) is 29.7 Å². The molecule has 0 aromatic heterocycles. The predicted molar refractivity (Wildman–Crippen MR) is 130 cm³/mol. The number of hydrogen-bond acceptors (Lipinski definition) is 2. The van der Waals surface area contributed by atoms with Gasteiger partial charge < -0.3 is 10.2 Å². The minimum Gasteiger partial charge on any atom is -0.334 e. The smallest absolute Gasteiger partial charge is 0.252 e. The standard InChI is InChI=1S/C24H24ClIN2O/c1-28(2)16-15-24(26,21-11-13-22(25)14-12-21)27-23(29)20-10-6-9-19(17-20)18-7-4-3-5-8-18/h3-14,17H,15-16H2,1-2H3,(H,27,29). The molecule has 150 valence electrons. The lowest BCUT2D eigenvalue weighted by molar-refractivity contribution is 0.0928. The van der Waals surface area contributed by atoms with Gasteiger partial charge in [-0.1, -0.05) is 66.2 Å². The maximum Gasteiger partial charge on any atom is 0.252 e. The summed E-state index contributed by atoms with van der Waals surface area (Å²) in [5, 5.41) is 3.94. The average Bonchev–Trinajstić information content (AvgIpc) is 2.73. The molecule has 0 aliphatic heterocycles. The molecule has 0 radical (unpaired) electrons. The van der Waals surface area contributed by atoms with Crippen molar-refractivity contribution in [2.75, 3.05) is 20.6 Å². The molecule has 1 atom stereocenters. The summed E-state index contributed by atoms with van der Waals surface area (Å²) in [6.07, 6.45) is 0.770. The minimum absolute atomic E-state index is 0.0918. The van der Waals surface area contributed by atoms with Crippen LogP contribution in [0.1, 0.15) is 22.3 Å². The van der Waals surface area contributed by atoms with Gasteiger partial charge in [-0.2, -0.15) is 0 Å². The first-order chi connectivity index (χ1) is 13.9. The lowest BCUT2D eigenvalue weighted by atomic mass is 10.0. The van der Waals surface area contributed by atoms with Crippen LogP contribution in [0.4, 0.5) is 0 Å². The third-order valence-corrected chi connectivity index (χ3v) is 6.43. The highest BCUT2D eigenvalue weighted by atomic mass is 127. The Kier molecular flexibility index (Phi) is 7.33. The average molecular weight is 519 g/mol. The summed E-state index contributed by atoms with van der Waals surface area (Å²) >= 11 is 8.41. The molecule has 0 spiro atoms. The molecule has 1 amide bonds. The van der Waals surface area contributed by atoms with Crippen molar-refractivity contribution < 1.29 is 4.79 Å². The molecule has 3 nitrogen and oxygen atoms in total. The summed E-state index contributed by atoms with van der Waals surface area (Å²) in [6, 6.07) is 25.5. The monoisotopic (exact) mass is 518 g/mol. The van der Waals surface area contributed by atoms with Crippen molar-refractivity contribution in [3.05, 3.63) is 95.0 Å². The van der Waals surface area contributed by atoms with Crippen LogP contribution < -0.4 is 5.32 Å². The van der Waals surface area contributed by atoms with E-state index in [-0.39, 0.29) is 5.91 Å². The third kappa shape index (κ3) is 5.81. The second kappa shape index (κ2) is 9.74. The molecule has 29 heavy (non-hydrogen) atoms. The number of amides is 1. The number of hydrogen-bond donors (Lipinski definition) is 1. The van der Waals surface area contributed by atoms with Crippen molar-refractivity contribution in [1.82, 2.24) is 10.2 Å². The SMILES string of the molecule is CN(C)CCC(I)(NC(=O)c1cccc(-c2ccccc2)c1)c1ccc(Cl)cc1. The molecule has 0 aliphatic carbocycles. The van der Waals surface area contributed by atoms with E-state index in [4.69, 9.17) is 11.6 Å². The Morgan fingerprint density at radius 1 is 0.966 bits per heavy atom. The van der Waals surface area contributed by atoms with Crippen molar-refractivity contribution in [3.8, 4) is 11.1 Å². The van der Waals surface area contributed by atoms with Gasteiger partial charge in [0, 0.05) is 17.1 Å². The molecule has 3 rings (SSSR count). The summed E-state index contributed by atoms with van der Waals surface area (Å²) in [5.41, 5.74) is 3.79. The first-order valence-corrected chi connectivity index (χ1v) is 10.9. The molecule has 0 saturated carbocycles. The number of nitrogens with one attached hydrogen (secondary N) is 1. The normalized spacial score (nSPS) is 13.1. The molecule has 3 aromatic carbocycles. The maximum atomic E-state index is 13.2. The Morgan fingerprint density at radius 2 is 1.62 bits per heavy atom. The number of nitrogens with zero attached hydrogens (tertiary/aromatic N) is 1. The van der Waals surface area contributed by atoms with E-state index >= 15 is 0 Å². The van der Waals surface area contributed by atoms with Gasteiger partial charge in [0.2, 0.25) is 0 Å². The number of halogens is 2. The molecule has 3 aromatic rings. The second-order valence-corrected chi connectivity index (χ2v) is 9.54. The summed E-state index contributed by atoms with van der Waals surface area (Å²) in [4.78, 5) is 15.3. The highest BCUT2D eigenvalue weighted by Crippen LogP contribution is 2.34. The number of carbonyl (C=O) groups is 1. The number of benzene rings is 3. The van der Waals surface area contributed by atoms with Gasteiger partial charge in [0.25, 0.3) is 5.91 Å². The van der Waals surface area contributed by atoms with Crippen LogP contribution >= 0.6 is 34.2 Å². The zero-order valence-electron chi connectivity index (χ0n) is 16.5. The summed E-state index contributed by atoms with van der Waals surface area (Å²) in [5.74, 6) is -0.0918. The first-order valence-electron chi connectivity index (χ1n) is 9.45. The molecule has 1 N–H and O–H groups in total. The summed E-state index contributed by atoms with van der Waals surface area (Å²) in [6.45, 7) is 0.843. The molecule has 0 heterocycles.